The van der Waals surface area contributed by atoms with Gasteiger partial charge in [-0.3, -0.25) is 9.59 Å². The number of carbonyl (C=O) groups excluding carboxylic acids is 1. The first-order chi connectivity index (χ1) is 12.4. The molecule has 0 aliphatic carbocycles. The number of ether oxygens (including phenoxy) is 1. The Balaban J connectivity index is 1.42. The Labute approximate surface area is 153 Å². The second-order valence-electron chi connectivity index (χ2n) is 6.47. The molecule has 1 aromatic carbocycles. The van der Waals surface area contributed by atoms with Crippen LogP contribution >= 0.6 is 11.3 Å². The molecule has 0 N–H and O–H groups in total. The molecule has 4 rings (SSSR count). The molecule has 0 spiro atoms. The number of aromatic nitrogens is 1. The highest BCUT2D eigenvalue weighted by Gasteiger charge is 2.33. The number of thiophene rings is 1. The predicted molar refractivity (Wildman–Crippen MR) is 98.5 cm³/mol. The fourth-order valence-electron chi connectivity index (χ4n) is 2.95. The smallest absolute Gasteiger partial charge is 0.264 e. The minimum atomic E-state index is -0.309. The van der Waals surface area contributed by atoms with Crippen LogP contribution in [0, 0.1) is 12.7 Å². The molecule has 0 bridgehead atoms. The number of hydrogen-bond acceptors (Lipinski definition) is 4. The summed E-state index contributed by atoms with van der Waals surface area (Å²) in [6.45, 7) is 2.78. The number of aryl methyl sites for hydroxylation is 1. The lowest BCUT2D eigenvalue weighted by atomic mass is 10.1. The lowest BCUT2D eigenvalue weighted by Crippen LogP contribution is -2.56. The average Bonchev–Trinajstić information content (AvgIpc) is 2.98. The van der Waals surface area contributed by atoms with E-state index >= 15 is 0 Å². The van der Waals surface area contributed by atoms with Gasteiger partial charge in [0, 0.05) is 23.5 Å². The van der Waals surface area contributed by atoms with E-state index in [1.165, 1.54) is 29.5 Å². The number of nitrogens with zero attached hydrogens (tertiary/aromatic N) is 2. The van der Waals surface area contributed by atoms with Gasteiger partial charge in [-0.25, -0.2) is 4.39 Å². The fourth-order valence-corrected chi connectivity index (χ4v) is 3.96. The molecule has 134 valence electrons. The third-order valence-corrected chi connectivity index (χ3v) is 5.71. The molecular weight excluding hydrogens is 355 g/mol. The van der Waals surface area contributed by atoms with Crippen LogP contribution in [-0.4, -0.2) is 34.6 Å². The van der Waals surface area contributed by atoms with Crippen molar-refractivity contribution in [1.82, 2.24) is 9.47 Å². The van der Waals surface area contributed by atoms with Gasteiger partial charge in [-0.15, -0.1) is 11.3 Å². The molecule has 5 nitrogen and oxygen atoms in total. The van der Waals surface area contributed by atoms with Crippen molar-refractivity contribution in [3.8, 4) is 5.75 Å². The Morgan fingerprint density at radius 2 is 2.00 bits per heavy atom. The first-order valence-electron chi connectivity index (χ1n) is 8.23. The maximum Gasteiger partial charge on any atom is 0.264 e. The number of benzene rings is 1. The van der Waals surface area contributed by atoms with Crippen LogP contribution in [0.25, 0.3) is 10.1 Å². The third kappa shape index (κ3) is 2.99. The molecular formula is C19H17FN2O3S. The van der Waals surface area contributed by atoms with E-state index in [-0.39, 0.29) is 23.4 Å². The van der Waals surface area contributed by atoms with Crippen molar-refractivity contribution < 1.29 is 13.9 Å². The number of fused-ring (bicyclic) bond motifs is 1. The van der Waals surface area contributed by atoms with Crippen molar-refractivity contribution in [2.24, 2.45) is 7.05 Å². The standard InChI is InChI=1S/C19H17FN2O3S/c1-11-5-14(8-18(23)21(11)2)25-15-9-22(10-15)19(24)17-7-12-6-13(20)3-4-16(12)26-17/h3-8,15H,9-10H2,1-2H3. The number of hydrogen-bond donors (Lipinski definition) is 0. The monoisotopic (exact) mass is 372 g/mol. The fraction of sp³-hybridized carbons (Fsp3) is 0.263. The molecule has 1 saturated heterocycles. The first kappa shape index (κ1) is 16.8. The summed E-state index contributed by atoms with van der Waals surface area (Å²) in [5, 5.41) is 0.738. The maximum atomic E-state index is 13.3. The molecule has 3 aromatic rings. The summed E-state index contributed by atoms with van der Waals surface area (Å²) in [5.41, 5.74) is 0.696. The van der Waals surface area contributed by atoms with Crippen molar-refractivity contribution in [3.63, 3.8) is 0 Å². The average molecular weight is 372 g/mol. The van der Waals surface area contributed by atoms with Gasteiger partial charge in [0.05, 0.1) is 18.0 Å². The van der Waals surface area contributed by atoms with E-state index in [1.54, 1.807) is 28.6 Å². The zero-order chi connectivity index (χ0) is 18.4. The van der Waals surface area contributed by atoms with E-state index in [0.29, 0.717) is 23.7 Å². The Morgan fingerprint density at radius 3 is 2.73 bits per heavy atom. The first-order valence-corrected chi connectivity index (χ1v) is 9.05. The molecule has 7 heteroatoms. The van der Waals surface area contributed by atoms with Crippen LogP contribution in [0.4, 0.5) is 4.39 Å². The molecule has 1 aliphatic rings. The largest absolute Gasteiger partial charge is 0.486 e. The minimum absolute atomic E-state index is 0.0772. The van der Waals surface area contributed by atoms with Crippen LogP contribution in [0.5, 0.6) is 5.75 Å². The molecule has 26 heavy (non-hydrogen) atoms. The second kappa shape index (κ2) is 6.25. The third-order valence-electron chi connectivity index (χ3n) is 4.60. The van der Waals surface area contributed by atoms with Crippen LogP contribution in [0.2, 0.25) is 0 Å². The van der Waals surface area contributed by atoms with Crippen molar-refractivity contribution in [1.29, 1.82) is 0 Å². The molecule has 1 amide bonds. The minimum Gasteiger partial charge on any atom is -0.486 e. The van der Waals surface area contributed by atoms with Gasteiger partial charge in [-0.05, 0) is 42.6 Å². The molecule has 0 atom stereocenters. The van der Waals surface area contributed by atoms with Crippen LogP contribution in [0.3, 0.4) is 0 Å². The van der Waals surface area contributed by atoms with E-state index in [2.05, 4.69) is 0 Å². The van der Waals surface area contributed by atoms with E-state index < -0.39 is 0 Å². The van der Waals surface area contributed by atoms with Gasteiger partial charge in [-0.1, -0.05) is 0 Å². The van der Waals surface area contributed by atoms with Crippen LogP contribution in [0.15, 0.2) is 41.2 Å². The highest BCUT2D eigenvalue weighted by molar-refractivity contribution is 7.20. The van der Waals surface area contributed by atoms with Gasteiger partial charge in [0.1, 0.15) is 17.7 Å². The Hall–Kier alpha value is -2.67. The summed E-state index contributed by atoms with van der Waals surface area (Å²) < 4.78 is 21.5. The van der Waals surface area contributed by atoms with Gasteiger partial charge in [-0.2, -0.15) is 0 Å². The highest BCUT2D eigenvalue weighted by Crippen LogP contribution is 2.29. The summed E-state index contributed by atoms with van der Waals surface area (Å²) in [6, 6.07) is 9.51. The highest BCUT2D eigenvalue weighted by atomic mass is 32.1. The van der Waals surface area contributed by atoms with Gasteiger partial charge in [0.25, 0.3) is 11.5 Å². The maximum absolute atomic E-state index is 13.3. The van der Waals surface area contributed by atoms with E-state index in [4.69, 9.17) is 4.74 Å². The Kier molecular flexibility index (Phi) is 4.03. The van der Waals surface area contributed by atoms with Gasteiger partial charge >= 0.3 is 0 Å². The van der Waals surface area contributed by atoms with Crippen molar-refractivity contribution >= 4 is 27.3 Å². The summed E-state index contributed by atoms with van der Waals surface area (Å²) in [6.07, 6.45) is -0.128. The SMILES string of the molecule is Cc1cc(OC2CN(C(=O)c3cc4cc(F)ccc4s3)C2)cc(=O)n1C. The lowest BCUT2D eigenvalue weighted by molar-refractivity contribution is 0.0180. The number of carbonyl (C=O) groups is 1. The quantitative estimate of drug-likeness (QED) is 0.710. The van der Waals surface area contributed by atoms with Crippen LogP contribution < -0.4 is 10.3 Å². The lowest BCUT2D eigenvalue weighted by Gasteiger charge is -2.38. The van der Waals surface area contributed by atoms with Gasteiger partial charge in [0.15, 0.2) is 0 Å². The van der Waals surface area contributed by atoms with Crippen molar-refractivity contribution in [3.05, 3.63) is 63.1 Å². The van der Waals surface area contributed by atoms with Crippen molar-refractivity contribution in [2.75, 3.05) is 13.1 Å². The summed E-state index contributed by atoms with van der Waals surface area (Å²) >= 11 is 1.36. The molecule has 0 radical (unpaired) electrons. The topological polar surface area (TPSA) is 51.5 Å². The zero-order valence-electron chi connectivity index (χ0n) is 14.4. The summed E-state index contributed by atoms with van der Waals surface area (Å²) in [4.78, 5) is 26.7. The van der Waals surface area contributed by atoms with E-state index in [9.17, 15) is 14.0 Å². The Bertz CT molecular complexity index is 1070. The molecule has 1 aliphatic heterocycles. The Morgan fingerprint density at radius 1 is 1.23 bits per heavy atom. The van der Waals surface area contributed by atoms with E-state index in [1.807, 2.05) is 13.0 Å². The number of amides is 1. The number of halogens is 1. The van der Waals surface area contributed by atoms with Gasteiger partial charge < -0.3 is 14.2 Å². The normalized spacial score (nSPS) is 14.5. The molecule has 2 aromatic heterocycles. The molecule has 1 fully saturated rings. The number of pyridine rings is 1. The second-order valence-corrected chi connectivity index (χ2v) is 7.56. The molecule has 3 heterocycles. The predicted octanol–water partition coefficient (Wildman–Crippen LogP) is 2.95. The summed E-state index contributed by atoms with van der Waals surface area (Å²) in [7, 11) is 1.71. The van der Waals surface area contributed by atoms with E-state index in [0.717, 1.165) is 15.8 Å². The number of likely N-dealkylation sites (tertiary alicyclic amines) is 1. The van der Waals surface area contributed by atoms with Crippen LogP contribution in [0.1, 0.15) is 15.4 Å². The zero-order valence-corrected chi connectivity index (χ0v) is 15.2. The molecule has 0 saturated carbocycles. The summed E-state index contributed by atoms with van der Waals surface area (Å²) in [5.74, 6) is 0.141. The number of rotatable bonds is 3. The van der Waals surface area contributed by atoms with Crippen molar-refractivity contribution in [2.45, 2.75) is 13.0 Å². The molecule has 0 unspecified atom stereocenters. The van der Waals surface area contributed by atoms with Gasteiger partial charge in [0.2, 0.25) is 0 Å². The van der Waals surface area contributed by atoms with Crippen LogP contribution in [-0.2, 0) is 7.05 Å².